The number of thiazole rings is 1. The summed E-state index contributed by atoms with van der Waals surface area (Å²) >= 11 is 1.06. The van der Waals surface area contributed by atoms with Crippen molar-refractivity contribution in [3.05, 3.63) is 40.4 Å². The lowest BCUT2D eigenvalue weighted by molar-refractivity contribution is -0.218. The molecule has 2 aliphatic rings. The number of hydrogen-bond acceptors (Lipinski definition) is 14. The molecule has 0 radical (unpaired) electrons. The van der Waals surface area contributed by atoms with E-state index >= 15 is 0 Å². The topological polar surface area (TPSA) is 270 Å². The first-order valence-electron chi connectivity index (χ1n) is 13.4. The van der Waals surface area contributed by atoms with Gasteiger partial charge >= 0.3 is 16.4 Å². The number of ether oxygens (including phenoxy) is 1. The Hall–Kier alpha value is -4.37. The van der Waals surface area contributed by atoms with Crippen molar-refractivity contribution < 1.29 is 46.3 Å². The van der Waals surface area contributed by atoms with E-state index in [2.05, 4.69) is 30.0 Å². The molecule has 8 N–H and O–H groups in total. The van der Waals surface area contributed by atoms with Gasteiger partial charge in [0.15, 0.2) is 10.8 Å². The number of nitrogen functional groups attached to an aromatic ring is 1. The molecule has 45 heavy (non-hydrogen) atoms. The van der Waals surface area contributed by atoms with Gasteiger partial charge in [0.2, 0.25) is 0 Å². The average molecular weight is 669 g/mol. The van der Waals surface area contributed by atoms with Crippen LogP contribution in [-0.4, -0.2) is 101 Å². The Balaban J connectivity index is 1.50. The molecule has 0 bridgehead atoms. The summed E-state index contributed by atoms with van der Waals surface area (Å²) in [5.41, 5.74) is 10.6. The van der Waals surface area contributed by atoms with Crippen LogP contribution in [0.4, 0.5) is 5.13 Å². The van der Waals surface area contributed by atoms with Gasteiger partial charge in [0, 0.05) is 23.5 Å². The second-order valence-electron chi connectivity index (χ2n) is 10.4. The largest absolute Gasteiger partial charge is 0.489 e. The maximum atomic E-state index is 13.4. The van der Waals surface area contributed by atoms with Crippen molar-refractivity contribution in [3.63, 3.8) is 0 Å². The fourth-order valence-electron chi connectivity index (χ4n) is 4.20. The minimum atomic E-state index is -5.02. The fourth-order valence-corrected chi connectivity index (χ4v) is 5.43. The highest BCUT2D eigenvalue weighted by atomic mass is 32.3. The van der Waals surface area contributed by atoms with Gasteiger partial charge < -0.3 is 36.8 Å². The smallest absolute Gasteiger partial charge is 0.418 e. The second kappa shape index (κ2) is 13.3. The molecule has 2 amide bonds. The van der Waals surface area contributed by atoms with Gasteiger partial charge in [0.25, 0.3) is 17.9 Å². The van der Waals surface area contributed by atoms with Crippen LogP contribution in [0.25, 0.3) is 0 Å². The maximum Gasteiger partial charge on any atom is 0.418 e. The van der Waals surface area contributed by atoms with E-state index < -0.39 is 58.2 Å². The third kappa shape index (κ3) is 7.84. The summed E-state index contributed by atoms with van der Waals surface area (Å²) in [6.45, 7) is 5.49. The molecule has 4 rings (SSSR count). The van der Waals surface area contributed by atoms with Gasteiger partial charge in [0.05, 0.1) is 11.6 Å². The zero-order chi connectivity index (χ0) is 33.1. The normalized spacial score (nSPS) is 19.3. The predicted molar refractivity (Wildman–Crippen MR) is 160 cm³/mol. The number of oxime groups is 1. The summed E-state index contributed by atoms with van der Waals surface area (Å²) in [4.78, 5) is 52.2. The van der Waals surface area contributed by atoms with E-state index in [1.807, 2.05) is 0 Å². The van der Waals surface area contributed by atoms with Crippen LogP contribution in [0.3, 0.4) is 0 Å². The van der Waals surface area contributed by atoms with E-state index in [1.165, 1.54) is 13.8 Å². The molecule has 2 fully saturated rings. The Bertz CT molecular complexity index is 1620. The monoisotopic (exact) mass is 668 g/mol. The molecule has 2 saturated heterocycles. The number of β-lactam (4-membered cyclic amide) rings is 1. The Kier molecular flexibility index (Phi) is 9.92. The van der Waals surface area contributed by atoms with Crippen molar-refractivity contribution in [1.82, 2.24) is 20.7 Å². The highest BCUT2D eigenvalue weighted by molar-refractivity contribution is 7.80. The molecule has 2 aliphatic heterocycles. The summed E-state index contributed by atoms with van der Waals surface area (Å²) in [5, 5.41) is 19.5. The number of benzene rings is 1. The van der Waals surface area contributed by atoms with Crippen molar-refractivity contribution >= 4 is 56.2 Å². The number of hydrogen-bond donors (Lipinski definition) is 6. The Morgan fingerprint density at radius 2 is 1.96 bits per heavy atom. The molecule has 0 aliphatic carbocycles. The van der Waals surface area contributed by atoms with Crippen LogP contribution in [-0.2, 0) is 40.3 Å². The molecular weight excluding hydrogens is 636 g/mol. The molecule has 0 spiro atoms. The highest BCUT2D eigenvalue weighted by Gasteiger charge is 2.58. The number of aliphatic carboxylic acids is 1. The van der Waals surface area contributed by atoms with Crippen molar-refractivity contribution in [2.45, 2.75) is 50.9 Å². The van der Waals surface area contributed by atoms with Gasteiger partial charge in [-0.15, -0.1) is 15.6 Å². The summed E-state index contributed by atoms with van der Waals surface area (Å²) in [5.74, 6) is -2.79. The number of aryl methyl sites for hydroxylation is 1. The second-order valence-corrected chi connectivity index (χ2v) is 12.5. The first kappa shape index (κ1) is 33.5. The van der Waals surface area contributed by atoms with Crippen molar-refractivity contribution in [2.24, 2.45) is 15.9 Å². The minimum Gasteiger partial charge on any atom is -0.489 e. The summed E-state index contributed by atoms with van der Waals surface area (Å²) < 4.78 is 41.1. The van der Waals surface area contributed by atoms with E-state index in [4.69, 9.17) is 25.6 Å². The Labute approximate surface area is 261 Å². The van der Waals surface area contributed by atoms with Gasteiger partial charge in [-0.25, -0.2) is 9.78 Å². The average Bonchev–Trinajstić information content (AvgIpc) is 3.33. The molecule has 1 aromatic carbocycles. The van der Waals surface area contributed by atoms with E-state index in [-0.39, 0.29) is 16.9 Å². The molecule has 3 heterocycles. The zero-order valence-electron chi connectivity index (χ0n) is 24.3. The van der Waals surface area contributed by atoms with Gasteiger partial charge in [-0.3, -0.25) is 19.1 Å². The molecule has 2 aromatic rings. The molecule has 2 unspecified atom stereocenters. The number of nitrogens with two attached hydrogens (primary N) is 2. The number of rotatable bonds is 14. The Morgan fingerprint density at radius 1 is 1.29 bits per heavy atom. The number of amidine groups is 1. The molecular formula is C25H32N8O10S2. The van der Waals surface area contributed by atoms with Crippen LogP contribution < -0.4 is 26.8 Å². The number of carboxylic acids is 1. The van der Waals surface area contributed by atoms with Crippen LogP contribution in [0.5, 0.6) is 5.75 Å². The number of carboxylic acid groups (broad SMARTS) is 1. The minimum absolute atomic E-state index is 0.00861. The van der Waals surface area contributed by atoms with Gasteiger partial charge in [-0.1, -0.05) is 12.1 Å². The van der Waals surface area contributed by atoms with Crippen LogP contribution in [0, 0.1) is 0 Å². The number of nitrogens with one attached hydrogen (secondary N) is 2. The maximum absolute atomic E-state index is 13.4. The van der Waals surface area contributed by atoms with Crippen molar-refractivity contribution in [1.29, 1.82) is 0 Å². The van der Waals surface area contributed by atoms with Crippen molar-refractivity contribution in [2.75, 3.05) is 25.4 Å². The predicted octanol–water partition coefficient (Wildman–Crippen LogP) is -0.942. The fraction of sp³-hybridized carbons (Fsp3) is 0.440. The highest BCUT2D eigenvalue weighted by Crippen LogP contribution is 2.33. The molecule has 0 saturated carbocycles. The Morgan fingerprint density at radius 3 is 2.49 bits per heavy atom. The zero-order valence-corrected chi connectivity index (χ0v) is 25.9. The number of amides is 2. The van der Waals surface area contributed by atoms with Gasteiger partial charge in [0.1, 0.15) is 29.9 Å². The SMILES string of the molecule is CCc1sc(N)nc1C(=NOC(COc1ccc(C(N)=NC2CNC2)cc1)C(=O)O)C(=O)NC1C(=O)N(OS(=O)(=O)O)C1(C)C. The first-order chi connectivity index (χ1) is 21.1. The number of carbonyl (C=O) groups excluding carboxylic acids is 2. The summed E-state index contributed by atoms with van der Waals surface area (Å²) in [6.07, 6.45) is -1.32. The number of anilines is 1. The van der Waals surface area contributed by atoms with Crippen LogP contribution >= 0.6 is 11.3 Å². The van der Waals surface area contributed by atoms with Gasteiger partial charge in [-0.2, -0.15) is 13.5 Å². The molecule has 20 heteroatoms. The van der Waals surface area contributed by atoms with E-state index in [9.17, 15) is 27.9 Å². The van der Waals surface area contributed by atoms with Crippen molar-refractivity contribution in [3.8, 4) is 5.75 Å². The van der Waals surface area contributed by atoms with E-state index in [1.54, 1.807) is 31.2 Å². The molecule has 1 aromatic heterocycles. The summed E-state index contributed by atoms with van der Waals surface area (Å²) in [6, 6.07) is 5.28. The number of carbonyl (C=O) groups is 3. The summed E-state index contributed by atoms with van der Waals surface area (Å²) in [7, 11) is -5.02. The third-order valence-electron chi connectivity index (χ3n) is 6.78. The number of aliphatic imine (C=N–C) groups is 1. The van der Waals surface area contributed by atoms with E-state index in [0.717, 1.165) is 24.4 Å². The molecule has 18 nitrogen and oxygen atoms in total. The van der Waals surface area contributed by atoms with E-state index in [0.29, 0.717) is 33.5 Å². The number of aromatic nitrogens is 1. The third-order valence-corrected chi connectivity index (χ3v) is 8.14. The number of hydroxylamine groups is 2. The number of nitrogens with zero attached hydrogens (tertiary/aromatic N) is 4. The lowest BCUT2D eigenvalue weighted by Crippen LogP contribution is -2.76. The molecule has 2 atom stereocenters. The van der Waals surface area contributed by atoms with Crippen LogP contribution in [0.1, 0.15) is 36.9 Å². The van der Waals surface area contributed by atoms with Gasteiger partial charge in [-0.05, 0) is 44.5 Å². The lowest BCUT2D eigenvalue weighted by atomic mass is 9.84. The van der Waals surface area contributed by atoms with Crippen LogP contribution in [0.15, 0.2) is 34.4 Å². The van der Waals surface area contributed by atoms with Crippen LogP contribution in [0.2, 0.25) is 0 Å². The first-order valence-corrected chi connectivity index (χ1v) is 15.6. The standard InChI is InChI=1S/C25H32N8O10S2/c1-4-16-17(30-24(27)44-16)18(21(34)31-19-22(35)33(25(19,2)3)43-45(38,39)40)32-42-15(23(36)37)11-41-14-7-5-12(6-8-14)20(26)29-13-9-28-10-13/h5-8,13,15,19,28H,4,9-11H2,1-3H3,(H2,26,29)(H2,27,30)(H,31,34)(H,36,37)(H,38,39,40). The quantitative estimate of drug-likeness (QED) is 0.0466. The molecule has 244 valence electrons. The lowest BCUT2D eigenvalue weighted by Gasteiger charge is -2.50.